The first-order valence-electron chi connectivity index (χ1n) is 7.43. The van der Waals surface area contributed by atoms with Crippen LogP contribution in [0, 0.1) is 0 Å². The van der Waals surface area contributed by atoms with E-state index in [-0.39, 0.29) is 12.7 Å². The maximum absolute atomic E-state index is 12.0. The van der Waals surface area contributed by atoms with E-state index in [4.69, 9.17) is 30.1 Å². The zero-order valence-electron chi connectivity index (χ0n) is 13.4. The molecule has 0 radical (unpaired) electrons. The highest BCUT2D eigenvalue weighted by molar-refractivity contribution is 8.07. The van der Waals surface area contributed by atoms with Crippen molar-refractivity contribution >= 4 is 18.5 Å². The maximum Gasteiger partial charge on any atom is 0.330 e. The van der Waals surface area contributed by atoms with Gasteiger partial charge in [-0.1, -0.05) is 0 Å². The predicted octanol–water partition coefficient (Wildman–Crippen LogP) is 0.250. The summed E-state index contributed by atoms with van der Waals surface area (Å²) in [5.41, 5.74) is -2.79. The fraction of sp³-hybridized carbons (Fsp3) is 0.692. The third kappa shape index (κ3) is 3.15. The quantitative estimate of drug-likeness (QED) is 0.720. The van der Waals surface area contributed by atoms with E-state index in [2.05, 4.69) is 4.98 Å². The van der Waals surface area contributed by atoms with Gasteiger partial charge in [0.25, 0.3) is 5.56 Å². The molecule has 3 unspecified atom stereocenters. The molecular weight excluding hydrogens is 359 g/mol. The molecule has 2 N–H and O–H groups in total. The summed E-state index contributed by atoms with van der Waals surface area (Å²) in [6.45, 7) is 2.17. The molecule has 0 amide bonds. The van der Waals surface area contributed by atoms with Crippen LogP contribution in [0.25, 0.3) is 0 Å². The number of rotatable bonds is 3. The Morgan fingerprint density at radius 3 is 2.88 bits per heavy atom. The van der Waals surface area contributed by atoms with E-state index in [9.17, 15) is 14.7 Å². The van der Waals surface area contributed by atoms with E-state index in [0.29, 0.717) is 0 Å². The lowest BCUT2D eigenvalue weighted by molar-refractivity contribution is -0.0931. The Bertz CT molecular complexity index is 789. The van der Waals surface area contributed by atoms with Gasteiger partial charge in [0.15, 0.2) is 6.23 Å². The average molecular weight is 378 g/mol. The molecule has 2 fully saturated rings. The Morgan fingerprint density at radius 2 is 2.25 bits per heavy atom. The minimum absolute atomic E-state index is 0.0828. The lowest BCUT2D eigenvalue weighted by Crippen LogP contribution is -2.49. The number of hydrogen-bond acceptors (Lipinski definition) is 8. The van der Waals surface area contributed by atoms with Crippen molar-refractivity contribution in [3.63, 3.8) is 0 Å². The number of fused-ring (bicyclic) bond motifs is 1. The van der Waals surface area contributed by atoms with E-state index >= 15 is 0 Å². The molecule has 0 saturated carbocycles. The Hall–Kier alpha value is -0.870. The van der Waals surface area contributed by atoms with Crippen LogP contribution in [0.3, 0.4) is 0 Å². The molecule has 2 saturated heterocycles. The van der Waals surface area contributed by atoms with Gasteiger partial charge in [0.1, 0.15) is 17.8 Å². The second-order valence-corrected chi connectivity index (χ2v) is 9.11. The Labute approximate surface area is 142 Å². The first-order valence-corrected chi connectivity index (χ1v) is 9.99. The monoisotopic (exact) mass is 378 g/mol. The topological polar surface area (TPSA) is 112 Å². The Balaban J connectivity index is 1.91. The number of H-pyrrole nitrogens is 1. The third-order valence-electron chi connectivity index (χ3n) is 3.80. The van der Waals surface area contributed by atoms with Crippen LogP contribution in [-0.2, 0) is 30.1 Å². The minimum atomic E-state index is -3.01. The van der Waals surface area contributed by atoms with Crippen LogP contribution >= 0.6 is 6.72 Å². The molecule has 0 aliphatic carbocycles. The average Bonchev–Trinajstić information content (AvgIpc) is 2.69. The summed E-state index contributed by atoms with van der Waals surface area (Å²) in [4.78, 5) is 25.3. The number of nitrogens with one attached hydrogen (secondary N) is 1. The second kappa shape index (κ2) is 6.14. The van der Waals surface area contributed by atoms with Crippen molar-refractivity contribution in [1.82, 2.24) is 9.55 Å². The normalized spacial score (nSPS) is 39.1. The number of nitrogens with zero attached hydrogens (tertiary/aromatic N) is 1. The summed E-state index contributed by atoms with van der Waals surface area (Å²) >= 11 is 5.32. The van der Waals surface area contributed by atoms with E-state index in [1.54, 1.807) is 13.8 Å². The van der Waals surface area contributed by atoms with Gasteiger partial charge < -0.3 is 18.9 Å². The number of aromatic amines is 1. The van der Waals surface area contributed by atoms with Crippen molar-refractivity contribution in [3.05, 3.63) is 33.1 Å². The maximum atomic E-state index is 12.0. The van der Waals surface area contributed by atoms with Crippen LogP contribution in [-0.4, -0.2) is 45.2 Å². The summed E-state index contributed by atoms with van der Waals surface area (Å²) in [6.07, 6.45) is -1.42. The van der Waals surface area contributed by atoms with Crippen molar-refractivity contribution in [3.8, 4) is 0 Å². The molecular formula is C13H19N2O7PS. The standard InChI is InChI=1S/C13H19N2O7PS/c1-7(2)21-23(24)19-6-8-10(22-23)13(3,18)11(20-8)15-5-4-9(16)14-12(15)17/h4-5,7-8,10-11,18H,6H2,1-3H3,(H,14,16,17)/t8?,10-,11?,13-,23?/m1/s1. The van der Waals surface area contributed by atoms with Crippen LogP contribution in [0.1, 0.15) is 27.0 Å². The number of aromatic nitrogens is 2. The Morgan fingerprint density at radius 1 is 1.54 bits per heavy atom. The van der Waals surface area contributed by atoms with Crippen molar-refractivity contribution in [2.24, 2.45) is 0 Å². The summed E-state index contributed by atoms with van der Waals surface area (Å²) in [5, 5.41) is 10.9. The van der Waals surface area contributed by atoms with Crippen LogP contribution in [0.15, 0.2) is 21.9 Å². The Kier molecular flexibility index (Phi) is 4.59. The molecule has 0 bridgehead atoms. The molecule has 24 heavy (non-hydrogen) atoms. The largest absolute Gasteiger partial charge is 0.383 e. The van der Waals surface area contributed by atoms with Gasteiger partial charge in [-0.15, -0.1) is 0 Å². The highest BCUT2D eigenvalue weighted by Crippen LogP contribution is 2.59. The summed E-state index contributed by atoms with van der Waals surface area (Å²) < 4.78 is 23.7. The summed E-state index contributed by atoms with van der Waals surface area (Å²) in [7, 11) is 0. The van der Waals surface area contributed by atoms with E-state index in [1.165, 1.54) is 19.2 Å². The van der Waals surface area contributed by atoms with E-state index < -0.39 is 42.0 Å². The highest BCUT2D eigenvalue weighted by Gasteiger charge is 2.59. The van der Waals surface area contributed by atoms with Crippen LogP contribution in [0.2, 0.25) is 0 Å². The second-order valence-electron chi connectivity index (χ2n) is 6.19. The molecule has 1 aromatic heterocycles. The van der Waals surface area contributed by atoms with Gasteiger partial charge in [0, 0.05) is 12.3 Å². The van der Waals surface area contributed by atoms with Crippen molar-refractivity contribution in [2.75, 3.05) is 6.61 Å². The van der Waals surface area contributed by atoms with Gasteiger partial charge in [-0.25, -0.2) is 4.79 Å². The SMILES string of the molecule is CC(C)OP1(=S)OCC2OC(n3ccc(=O)[nH]c3=O)[C@](C)(O)[C@@H]2O1. The molecule has 0 spiro atoms. The fourth-order valence-electron chi connectivity index (χ4n) is 2.80. The molecule has 0 aromatic carbocycles. The molecule has 3 heterocycles. The molecule has 1 aromatic rings. The van der Waals surface area contributed by atoms with Gasteiger partial charge in [0.2, 0.25) is 0 Å². The van der Waals surface area contributed by atoms with Gasteiger partial charge >= 0.3 is 12.4 Å². The summed E-state index contributed by atoms with van der Waals surface area (Å²) in [5.74, 6) is 0. The van der Waals surface area contributed by atoms with E-state index in [0.717, 1.165) is 4.57 Å². The lowest BCUT2D eigenvalue weighted by atomic mass is 9.96. The molecule has 5 atom stereocenters. The van der Waals surface area contributed by atoms with Gasteiger partial charge in [-0.3, -0.25) is 18.9 Å². The van der Waals surface area contributed by atoms with Crippen molar-refractivity contribution in [2.45, 2.75) is 50.9 Å². The highest BCUT2D eigenvalue weighted by atomic mass is 32.5. The number of hydrogen-bond donors (Lipinski definition) is 2. The number of ether oxygens (including phenoxy) is 1. The third-order valence-corrected chi connectivity index (χ3v) is 6.26. The first-order chi connectivity index (χ1) is 11.1. The smallest absolute Gasteiger partial charge is 0.330 e. The molecule has 2 aliphatic heterocycles. The van der Waals surface area contributed by atoms with Crippen molar-refractivity contribution < 1.29 is 23.4 Å². The molecule has 11 heteroatoms. The fourth-order valence-corrected chi connectivity index (χ4v) is 5.42. The van der Waals surface area contributed by atoms with Crippen molar-refractivity contribution in [1.29, 1.82) is 0 Å². The van der Waals surface area contributed by atoms with Crippen LogP contribution in [0.5, 0.6) is 0 Å². The number of aliphatic hydroxyl groups is 1. The zero-order chi connectivity index (χ0) is 17.7. The van der Waals surface area contributed by atoms with E-state index in [1.807, 2.05) is 0 Å². The van der Waals surface area contributed by atoms with Crippen LogP contribution in [0.4, 0.5) is 0 Å². The molecule has 9 nitrogen and oxygen atoms in total. The summed E-state index contributed by atoms with van der Waals surface area (Å²) in [6, 6.07) is 1.17. The zero-order valence-corrected chi connectivity index (χ0v) is 15.1. The van der Waals surface area contributed by atoms with Gasteiger partial charge in [-0.05, 0) is 32.6 Å². The van der Waals surface area contributed by atoms with Gasteiger partial charge in [0.05, 0.1) is 12.7 Å². The molecule has 2 aliphatic rings. The van der Waals surface area contributed by atoms with Crippen LogP contribution < -0.4 is 11.2 Å². The first kappa shape index (κ1) is 17.9. The van der Waals surface area contributed by atoms with Gasteiger partial charge in [-0.2, -0.15) is 0 Å². The minimum Gasteiger partial charge on any atom is -0.383 e. The lowest BCUT2D eigenvalue weighted by Gasteiger charge is -2.37. The molecule has 134 valence electrons. The molecule has 3 rings (SSSR count). The predicted molar refractivity (Wildman–Crippen MR) is 87.2 cm³/mol.